The Kier molecular flexibility index (Phi) is 4.80. The molecule has 0 saturated carbocycles. The number of carbonyl (C=O) groups is 1. The van der Waals surface area contributed by atoms with Crippen LogP contribution >= 0.6 is 0 Å². The van der Waals surface area contributed by atoms with Gasteiger partial charge in [0, 0.05) is 19.7 Å². The molecule has 26 heavy (non-hydrogen) atoms. The van der Waals surface area contributed by atoms with E-state index in [9.17, 15) is 4.79 Å². The van der Waals surface area contributed by atoms with Crippen LogP contribution in [0.2, 0.25) is 0 Å². The molecule has 2 aliphatic rings. The summed E-state index contributed by atoms with van der Waals surface area (Å²) < 4.78 is 16.3. The first kappa shape index (κ1) is 16.9. The number of aryl methyl sites for hydroxylation is 1. The largest absolute Gasteiger partial charge is 0.454 e. The second-order valence-electron chi connectivity index (χ2n) is 6.93. The Hall–Kier alpha value is -2.53. The molecule has 0 aromatic heterocycles. The number of rotatable bonds is 5. The van der Waals surface area contributed by atoms with Gasteiger partial charge in [-0.3, -0.25) is 4.79 Å². The lowest BCUT2D eigenvalue weighted by Crippen LogP contribution is -2.35. The fourth-order valence-electron chi connectivity index (χ4n) is 3.37. The molecule has 2 aromatic rings. The lowest BCUT2D eigenvalue weighted by molar-refractivity contribution is -0.136. The van der Waals surface area contributed by atoms with Gasteiger partial charge in [-0.05, 0) is 36.6 Å². The summed E-state index contributed by atoms with van der Waals surface area (Å²) >= 11 is 0. The van der Waals surface area contributed by atoms with E-state index in [1.54, 1.807) is 0 Å². The highest BCUT2D eigenvalue weighted by molar-refractivity contribution is 5.79. The number of carbonyl (C=O) groups excluding carboxylic acids is 1. The highest BCUT2D eigenvalue weighted by atomic mass is 16.7. The van der Waals surface area contributed by atoms with E-state index in [0.29, 0.717) is 26.3 Å². The van der Waals surface area contributed by atoms with Crippen molar-refractivity contribution in [2.45, 2.75) is 26.4 Å². The van der Waals surface area contributed by atoms with E-state index < -0.39 is 0 Å². The third-order valence-corrected chi connectivity index (χ3v) is 4.90. The topological polar surface area (TPSA) is 48.0 Å². The van der Waals surface area contributed by atoms with Gasteiger partial charge in [0.1, 0.15) is 0 Å². The number of ether oxygens (including phenoxy) is 3. The molecule has 1 fully saturated rings. The van der Waals surface area contributed by atoms with Crippen LogP contribution in [-0.2, 0) is 22.6 Å². The SMILES string of the molecule is Cc1ccc(CN(Cc2ccc3c(c2)OCO3)C(=O)[C@H]2CCOC2)cc1. The molecular weight excluding hydrogens is 330 g/mol. The van der Waals surface area contributed by atoms with Crippen molar-refractivity contribution in [2.75, 3.05) is 20.0 Å². The predicted octanol–water partition coefficient (Wildman–Crippen LogP) is 3.29. The van der Waals surface area contributed by atoms with Crippen molar-refractivity contribution >= 4 is 5.91 Å². The number of benzene rings is 2. The summed E-state index contributed by atoms with van der Waals surface area (Å²) in [6.45, 7) is 4.63. The number of hydrogen-bond donors (Lipinski definition) is 0. The van der Waals surface area contributed by atoms with Gasteiger partial charge in [-0.15, -0.1) is 0 Å². The zero-order chi connectivity index (χ0) is 17.9. The molecule has 5 heteroatoms. The minimum atomic E-state index is -0.0468. The lowest BCUT2D eigenvalue weighted by atomic mass is 10.1. The lowest BCUT2D eigenvalue weighted by Gasteiger charge is -2.26. The van der Waals surface area contributed by atoms with Crippen molar-refractivity contribution in [3.63, 3.8) is 0 Å². The van der Waals surface area contributed by atoms with E-state index >= 15 is 0 Å². The summed E-state index contributed by atoms with van der Waals surface area (Å²) in [5.74, 6) is 1.61. The van der Waals surface area contributed by atoms with Crippen LogP contribution in [0, 0.1) is 12.8 Å². The van der Waals surface area contributed by atoms with Crippen molar-refractivity contribution < 1.29 is 19.0 Å². The first-order chi connectivity index (χ1) is 12.7. The Labute approximate surface area is 153 Å². The zero-order valence-electron chi connectivity index (χ0n) is 14.9. The quantitative estimate of drug-likeness (QED) is 0.828. The van der Waals surface area contributed by atoms with Gasteiger partial charge < -0.3 is 19.1 Å². The molecule has 4 rings (SSSR count). The van der Waals surface area contributed by atoms with Crippen LogP contribution in [-0.4, -0.2) is 30.8 Å². The first-order valence-electron chi connectivity index (χ1n) is 8.99. The Morgan fingerprint density at radius 3 is 2.54 bits per heavy atom. The van der Waals surface area contributed by atoms with Gasteiger partial charge in [-0.1, -0.05) is 35.9 Å². The second-order valence-corrected chi connectivity index (χ2v) is 6.93. The molecule has 0 unspecified atom stereocenters. The van der Waals surface area contributed by atoms with Crippen molar-refractivity contribution in [1.82, 2.24) is 4.90 Å². The molecule has 2 aromatic carbocycles. The normalized spacial score (nSPS) is 18.1. The molecule has 0 radical (unpaired) electrons. The smallest absolute Gasteiger partial charge is 0.231 e. The maximum absolute atomic E-state index is 13.0. The minimum Gasteiger partial charge on any atom is -0.454 e. The Morgan fingerprint density at radius 2 is 1.77 bits per heavy atom. The number of hydrogen-bond acceptors (Lipinski definition) is 4. The van der Waals surface area contributed by atoms with Crippen LogP contribution in [0.4, 0.5) is 0 Å². The Balaban J connectivity index is 1.55. The third-order valence-electron chi connectivity index (χ3n) is 4.90. The molecule has 1 atom stereocenters. The summed E-state index contributed by atoms with van der Waals surface area (Å²) in [5.41, 5.74) is 3.38. The zero-order valence-corrected chi connectivity index (χ0v) is 14.9. The fourth-order valence-corrected chi connectivity index (χ4v) is 3.37. The summed E-state index contributed by atoms with van der Waals surface area (Å²) in [7, 11) is 0. The number of fused-ring (bicyclic) bond motifs is 1. The van der Waals surface area contributed by atoms with E-state index in [2.05, 4.69) is 31.2 Å². The molecule has 0 bridgehead atoms. The molecule has 1 amide bonds. The maximum atomic E-state index is 13.0. The van der Waals surface area contributed by atoms with Gasteiger partial charge in [0.2, 0.25) is 12.7 Å². The molecule has 2 heterocycles. The van der Waals surface area contributed by atoms with Crippen molar-refractivity contribution in [2.24, 2.45) is 5.92 Å². The van der Waals surface area contributed by atoms with E-state index in [0.717, 1.165) is 29.0 Å². The van der Waals surface area contributed by atoms with E-state index in [1.807, 2.05) is 23.1 Å². The number of amides is 1. The van der Waals surface area contributed by atoms with E-state index in [-0.39, 0.29) is 18.6 Å². The number of nitrogens with zero attached hydrogens (tertiary/aromatic N) is 1. The van der Waals surface area contributed by atoms with Gasteiger partial charge in [0.05, 0.1) is 12.5 Å². The molecule has 0 spiro atoms. The van der Waals surface area contributed by atoms with Gasteiger partial charge >= 0.3 is 0 Å². The Bertz CT molecular complexity index is 781. The molecule has 0 aliphatic carbocycles. The highest BCUT2D eigenvalue weighted by Crippen LogP contribution is 2.33. The van der Waals surface area contributed by atoms with Crippen LogP contribution in [0.3, 0.4) is 0 Å². The van der Waals surface area contributed by atoms with E-state index in [4.69, 9.17) is 14.2 Å². The highest BCUT2D eigenvalue weighted by Gasteiger charge is 2.28. The Morgan fingerprint density at radius 1 is 1.04 bits per heavy atom. The average Bonchev–Trinajstić information content (AvgIpc) is 3.33. The summed E-state index contributed by atoms with van der Waals surface area (Å²) in [4.78, 5) is 15.0. The minimum absolute atomic E-state index is 0.0468. The molecule has 1 saturated heterocycles. The molecular formula is C21H23NO4. The van der Waals surface area contributed by atoms with Gasteiger partial charge in [0.25, 0.3) is 0 Å². The average molecular weight is 353 g/mol. The summed E-state index contributed by atoms with van der Waals surface area (Å²) in [5, 5.41) is 0. The molecule has 0 N–H and O–H groups in total. The monoisotopic (exact) mass is 353 g/mol. The van der Waals surface area contributed by atoms with Crippen molar-refractivity contribution in [1.29, 1.82) is 0 Å². The van der Waals surface area contributed by atoms with Crippen LogP contribution in [0.25, 0.3) is 0 Å². The fraction of sp³-hybridized carbons (Fsp3) is 0.381. The predicted molar refractivity (Wildman–Crippen MR) is 96.9 cm³/mol. The van der Waals surface area contributed by atoms with Gasteiger partial charge in [-0.2, -0.15) is 0 Å². The second kappa shape index (κ2) is 7.38. The van der Waals surface area contributed by atoms with Crippen molar-refractivity contribution in [3.8, 4) is 11.5 Å². The van der Waals surface area contributed by atoms with Gasteiger partial charge in [-0.25, -0.2) is 0 Å². The first-order valence-corrected chi connectivity index (χ1v) is 8.99. The molecule has 2 aliphatic heterocycles. The van der Waals surface area contributed by atoms with Crippen LogP contribution in [0.1, 0.15) is 23.1 Å². The van der Waals surface area contributed by atoms with Crippen LogP contribution in [0.5, 0.6) is 11.5 Å². The third kappa shape index (κ3) is 3.68. The van der Waals surface area contributed by atoms with Crippen molar-refractivity contribution in [3.05, 3.63) is 59.2 Å². The van der Waals surface area contributed by atoms with E-state index in [1.165, 1.54) is 5.56 Å². The standard InChI is InChI=1S/C21H23NO4/c1-15-2-4-16(5-3-15)11-22(21(23)18-8-9-24-13-18)12-17-6-7-19-20(10-17)26-14-25-19/h2-7,10,18H,8-9,11-14H2,1H3/t18-/m0/s1. The summed E-state index contributed by atoms with van der Waals surface area (Å²) in [6.07, 6.45) is 0.796. The molecule has 136 valence electrons. The van der Waals surface area contributed by atoms with Gasteiger partial charge in [0.15, 0.2) is 11.5 Å². The molecule has 5 nitrogen and oxygen atoms in total. The van der Waals surface area contributed by atoms with Crippen LogP contribution in [0.15, 0.2) is 42.5 Å². The van der Waals surface area contributed by atoms with Crippen LogP contribution < -0.4 is 9.47 Å². The summed E-state index contributed by atoms with van der Waals surface area (Å²) in [6, 6.07) is 14.2. The maximum Gasteiger partial charge on any atom is 0.231 e.